The van der Waals surface area contributed by atoms with Gasteiger partial charge in [0.25, 0.3) is 0 Å². The Balaban J connectivity index is 2.11. The lowest BCUT2D eigenvalue weighted by molar-refractivity contribution is -0.117. The third kappa shape index (κ3) is 0.963. The van der Waals surface area contributed by atoms with E-state index in [-0.39, 0.29) is 0 Å². The van der Waals surface area contributed by atoms with E-state index >= 15 is 0 Å². The summed E-state index contributed by atoms with van der Waals surface area (Å²) in [6.45, 7) is 9.78. The normalized spacial score (nSPS) is 44.2. The molecule has 0 radical (unpaired) electrons. The summed E-state index contributed by atoms with van der Waals surface area (Å²) in [6.07, 6.45) is 4.55. The Morgan fingerprint density at radius 1 is 1.17 bits per heavy atom. The molecule has 2 bridgehead atoms. The summed E-state index contributed by atoms with van der Waals surface area (Å²) >= 11 is 0. The molecule has 0 aromatic heterocycles. The minimum Gasteiger partial charge on any atom is -0.0625 e. The van der Waals surface area contributed by atoms with Gasteiger partial charge in [0.1, 0.15) is 0 Å². The van der Waals surface area contributed by atoms with Crippen LogP contribution in [-0.2, 0) is 0 Å². The standard InChI is InChI=1S/C12H22/c1-8(2)10-6-5-9-7-11(10)12(9,3)4/h8-11H,5-7H2,1-4H3. The Morgan fingerprint density at radius 3 is 2.17 bits per heavy atom. The molecule has 0 spiro atoms. The summed E-state index contributed by atoms with van der Waals surface area (Å²) in [6, 6.07) is 0. The Bertz CT molecular complexity index is 174. The van der Waals surface area contributed by atoms with Crippen molar-refractivity contribution in [2.45, 2.75) is 47.0 Å². The van der Waals surface area contributed by atoms with E-state index < -0.39 is 0 Å². The van der Waals surface area contributed by atoms with E-state index in [2.05, 4.69) is 27.7 Å². The van der Waals surface area contributed by atoms with E-state index in [1.807, 2.05) is 0 Å². The van der Waals surface area contributed by atoms with Crippen molar-refractivity contribution in [2.24, 2.45) is 29.1 Å². The largest absolute Gasteiger partial charge is 0.0625 e. The maximum atomic E-state index is 2.49. The fourth-order valence-corrected chi connectivity index (χ4v) is 3.67. The average Bonchev–Trinajstić information content (AvgIpc) is 2.04. The molecule has 0 amide bonds. The second-order valence-electron chi connectivity index (χ2n) is 5.85. The van der Waals surface area contributed by atoms with Crippen molar-refractivity contribution in [3.8, 4) is 0 Å². The van der Waals surface area contributed by atoms with Crippen LogP contribution in [0.1, 0.15) is 47.0 Å². The molecule has 0 saturated heterocycles. The average molecular weight is 166 g/mol. The molecule has 3 rings (SSSR count). The van der Waals surface area contributed by atoms with E-state index in [0.717, 1.165) is 23.7 Å². The minimum absolute atomic E-state index is 0.688. The van der Waals surface area contributed by atoms with Gasteiger partial charge in [0.05, 0.1) is 0 Å². The van der Waals surface area contributed by atoms with Crippen molar-refractivity contribution in [2.75, 3.05) is 0 Å². The number of hydrogen-bond donors (Lipinski definition) is 0. The van der Waals surface area contributed by atoms with Gasteiger partial charge in [-0.05, 0) is 48.3 Å². The van der Waals surface area contributed by atoms with Crippen LogP contribution in [0.25, 0.3) is 0 Å². The zero-order valence-corrected chi connectivity index (χ0v) is 8.93. The first-order chi connectivity index (χ1) is 5.53. The van der Waals surface area contributed by atoms with Crippen LogP contribution < -0.4 is 0 Å². The third-order valence-electron chi connectivity index (χ3n) is 4.77. The molecule has 0 aliphatic heterocycles. The van der Waals surface area contributed by atoms with Crippen molar-refractivity contribution >= 4 is 0 Å². The van der Waals surface area contributed by atoms with Crippen LogP contribution in [0.2, 0.25) is 0 Å². The maximum Gasteiger partial charge on any atom is -0.0295 e. The molecule has 3 atom stereocenters. The molecule has 3 aliphatic rings. The van der Waals surface area contributed by atoms with Crippen LogP contribution in [0.15, 0.2) is 0 Å². The fraction of sp³-hybridized carbons (Fsp3) is 1.00. The molecule has 3 fully saturated rings. The lowest BCUT2D eigenvalue weighted by atomic mass is 9.44. The van der Waals surface area contributed by atoms with Crippen molar-refractivity contribution in [1.82, 2.24) is 0 Å². The smallest absolute Gasteiger partial charge is 0.0295 e. The first-order valence-electron chi connectivity index (χ1n) is 5.53. The van der Waals surface area contributed by atoms with Crippen LogP contribution in [0, 0.1) is 29.1 Å². The van der Waals surface area contributed by atoms with Crippen LogP contribution in [-0.4, -0.2) is 0 Å². The van der Waals surface area contributed by atoms with Gasteiger partial charge in [0, 0.05) is 0 Å². The van der Waals surface area contributed by atoms with Gasteiger partial charge in [-0.25, -0.2) is 0 Å². The molecular formula is C12H22. The van der Waals surface area contributed by atoms with Gasteiger partial charge < -0.3 is 0 Å². The quantitative estimate of drug-likeness (QED) is 0.557. The van der Waals surface area contributed by atoms with Crippen molar-refractivity contribution in [1.29, 1.82) is 0 Å². The van der Waals surface area contributed by atoms with E-state index in [0.29, 0.717) is 5.41 Å². The van der Waals surface area contributed by atoms with Gasteiger partial charge in [0.2, 0.25) is 0 Å². The van der Waals surface area contributed by atoms with Gasteiger partial charge in [-0.2, -0.15) is 0 Å². The monoisotopic (exact) mass is 166 g/mol. The van der Waals surface area contributed by atoms with Gasteiger partial charge in [-0.3, -0.25) is 0 Å². The van der Waals surface area contributed by atoms with Crippen LogP contribution >= 0.6 is 0 Å². The van der Waals surface area contributed by atoms with Crippen molar-refractivity contribution in [3.05, 3.63) is 0 Å². The third-order valence-corrected chi connectivity index (χ3v) is 4.77. The molecule has 0 heterocycles. The summed E-state index contributed by atoms with van der Waals surface area (Å²) in [4.78, 5) is 0. The lowest BCUT2D eigenvalue weighted by Crippen LogP contribution is -2.53. The molecule has 12 heavy (non-hydrogen) atoms. The fourth-order valence-electron chi connectivity index (χ4n) is 3.67. The zero-order chi connectivity index (χ0) is 8.93. The Kier molecular flexibility index (Phi) is 1.79. The maximum absolute atomic E-state index is 2.49. The highest BCUT2D eigenvalue weighted by atomic mass is 14.6. The Labute approximate surface area is 76.7 Å². The van der Waals surface area contributed by atoms with E-state index in [1.165, 1.54) is 19.3 Å². The topological polar surface area (TPSA) is 0 Å². The molecule has 0 aromatic rings. The van der Waals surface area contributed by atoms with Crippen molar-refractivity contribution < 1.29 is 0 Å². The highest BCUT2D eigenvalue weighted by Crippen LogP contribution is 2.62. The van der Waals surface area contributed by atoms with Gasteiger partial charge in [-0.15, -0.1) is 0 Å². The minimum atomic E-state index is 0.688. The summed E-state index contributed by atoms with van der Waals surface area (Å²) in [5.74, 6) is 4.06. The molecule has 0 heteroatoms. The SMILES string of the molecule is CC(C)C1CCC2CC1C2(C)C. The Morgan fingerprint density at radius 2 is 1.83 bits per heavy atom. The van der Waals surface area contributed by atoms with Crippen molar-refractivity contribution in [3.63, 3.8) is 0 Å². The molecule has 0 N–H and O–H groups in total. The molecule has 3 saturated carbocycles. The second kappa shape index (κ2) is 2.49. The predicted octanol–water partition coefficient (Wildman–Crippen LogP) is 3.71. The van der Waals surface area contributed by atoms with Crippen LogP contribution in [0.4, 0.5) is 0 Å². The highest BCUT2D eigenvalue weighted by molar-refractivity contribution is 5.03. The van der Waals surface area contributed by atoms with Gasteiger partial charge in [-0.1, -0.05) is 27.7 Å². The first kappa shape index (κ1) is 8.59. The number of fused-ring (bicyclic) bond motifs is 2. The lowest BCUT2D eigenvalue weighted by Gasteiger charge is -2.61. The summed E-state index contributed by atoms with van der Waals surface area (Å²) < 4.78 is 0. The van der Waals surface area contributed by atoms with Gasteiger partial charge in [0.15, 0.2) is 0 Å². The molecular weight excluding hydrogens is 144 g/mol. The predicted molar refractivity (Wildman–Crippen MR) is 52.9 cm³/mol. The number of hydrogen-bond acceptors (Lipinski definition) is 0. The summed E-state index contributed by atoms with van der Waals surface area (Å²) in [7, 11) is 0. The second-order valence-corrected chi connectivity index (χ2v) is 5.85. The molecule has 0 aromatic carbocycles. The highest BCUT2D eigenvalue weighted by Gasteiger charge is 2.54. The van der Waals surface area contributed by atoms with Crippen LogP contribution in [0.5, 0.6) is 0 Å². The van der Waals surface area contributed by atoms with E-state index in [9.17, 15) is 0 Å². The number of rotatable bonds is 1. The summed E-state index contributed by atoms with van der Waals surface area (Å²) in [5.41, 5.74) is 0.688. The molecule has 0 nitrogen and oxygen atoms in total. The van der Waals surface area contributed by atoms with Crippen LogP contribution in [0.3, 0.4) is 0 Å². The summed E-state index contributed by atoms with van der Waals surface area (Å²) in [5, 5.41) is 0. The molecule has 3 aliphatic carbocycles. The molecule has 70 valence electrons. The van der Waals surface area contributed by atoms with E-state index in [1.54, 1.807) is 0 Å². The molecule has 3 unspecified atom stereocenters. The zero-order valence-electron chi connectivity index (χ0n) is 8.93. The first-order valence-corrected chi connectivity index (χ1v) is 5.53. The Hall–Kier alpha value is 0. The van der Waals surface area contributed by atoms with Gasteiger partial charge >= 0.3 is 0 Å². The van der Waals surface area contributed by atoms with E-state index in [4.69, 9.17) is 0 Å².